The highest BCUT2D eigenvalue weighted by Crippen LogP contribution is 2.40. The summed E-state index contributed by atoms with van der Waals surface area (Å²) in [6.45, 7) is 18.1. The fraction of sp³-hybridized carbons (Fsp3) is 0.551. The molecular formula is C69H89N13O17. The van der Waals surface area contributed by atoms with Crippen LogP contribution in [0.2, 0.25) is 0 Å². The predicted octanol–water partition coefficient (Wildman–Crippen LogP) is 2.53. The maximum atomic E-state index is 16.0. The molecule has 532 valence electrons. The number of benzene rings is 3. The van der Waals surface area contributed by atoms with Gasteiger partial charge >= 0.3 is 11.9 Å². The van der Waals surface area contributed by atoms with Gasteiger partial charge in [0.1, 0.15) is 77.3 Å². The van der Waals surface area contributed by atoms with E-state index >= 15 is 19.2 Å². The lowest BCUT2D eigenvalue weighted by Gasteiger charge is -2.36. The Bertz CT molecular complexity index is 4110. The van der Waals surface area contributed by atoms with Crippen molar-refractivity contribution in [1.82, 2.24) is 60.6 Å². The maximum Gasteiger partial charge on any atom is 0.329 e. The summed E-state index contributed by atoms with van der Waals surface area (Å²) in [5.74, 6) is -13.0. The minimum Gasteiger partial charge on any atom is -0.458 e. The van der Waals surface area contributed by atoms with Gasteiger partial charge in [0.25, 0.3) is 11.8 Å². The molecule has 0 spiro atoms. The molecule has 5 aliphatic heterocycles. The highest BCUT2D eigenvalue weighted by Gasteiger charge is 2.47. The van der Waals surface area contributed by atoms with Crippen LogP contribution in [0, 0.1) is 37.5 Å². The van der Waals surface area contributed by atoms with Gasteiger partial charge in [0.2, 0.25) is 58.6 Å². The molecule has 1 aromatic heterocycles. The van der Waals surface area contributed by atoms with Crippen LogP contribution in [0.3, 0.4) is 0 Å². The summed E-state index contributed by atoms with van der Waals surface area (Å²) in [6.07, 6.45) is -1.87. The van der Waals surface area contributed by atoms with E-state index in [0.29, 0.717) is 18.4 Å². The number of oxazole rings is 1. The maximum absolute atomic E-state index is 16.0. The zero-order chi connectivity index (χ0) is 72.8. The molecule has 6 heterocycles. The third kappa shape index (κ3) is 14.2. The van der Waals surface area contributed by atoms with Crippen LogP contribution in [0.1, 0.15) is 127 Å². The number of nitrogens with zero attached hydrogens (tertiary/aromatic N) is 8. The van der Waals surface area contributed by atoms with Crippen molar-refractivity contribution < 1.29 is 75.8 Å². The van der Waals surface area contributed by atoms with Crippen LogP contribution in [-0.4, -0.2) is 225 Å². The smallest absolute Gasteiger partial charge is 0.329 e. The Kier molecular flexibility index (Phi) is 21.6. The van der Waals surface area contributed by atoms with Gasteiger partial charge in [0.05, 0.1) is 29.9 Å². The van der Waals surface area contributed by atoms with Crippen molar-refractivity contribution in [1.29, 1.82) is 0 Å². The quantitative estimate of drug-likeness (QED) is 0.0804. The number of nitrogens with two attached hydrogens (primary N) is 1. The minimum absolute atomic E-state index is 0.0145. The Balaban J connectivity index is 1.21. The van der Waals surface area contributed by atoms with Gasteiger partial charge in [-0.2, -0.15) is 0 Å². The van der Waals surface area contributed by atoms with Crippen LogP contribution in [-0.2, 0) is 57.4 Å². The number of anilines is 1. The Morgan fingerprint density at radius 2 is 0.990 bits per heavy atom. The third-order valence-corrected chi connectivity index (χ3v) is 19.2. The molecule has 30 heteroatoms. The number of rotatable bonds is 9. The lowest BCUT2D eigenvalue weighted by molar-refractivity contribution is -0.163. The molecule has 6 aliphatic rings. The first kappa shape index (κ1) is 73.2. The zero-order valence-electron chi connectivity index (χ0n) is 58.7. The summed E-state index contributed by atoms with van der Waals surface area (Å²) in [6, 6.07) is -2.56. The number of hydrogen-bond donors (Lipinski definition) is 5. The Hall–Kier alpha value is -10.0. The molecule has 10 atom stereocenters. The summed E-state index contributed by atoms with van der Waals surface area (Å²) >= 11 is 0. The van der Waals surface area contributed by atoms with Crippen molar-refractivity contribution in [3.63, 3.8) is 0 Å². The van der Waals surface area contributed by atoms with Crippen molar-refractivity contribution in [2.45, 2.75) is 169 Å². The minimum atomic E-state index is -1.93. The van der Waals surface area contributed by atoms with E-state index < -0.39 is 196 Å². The van der Waals surface area contributed by atoms with Crippen molar-refractivity contribution >= 4 is 98.9 Å². The molecule has 2 aromatic carbocycles. The topological polar surface area (TPSA) is 386 Å². The number of carbonyl (C=O) groups excluding carboxylic acids is 12. The van der Waals surface area contributed by atoms with Gasteiger partial charge < -0.3 is 74.7 Å². The second kappa shape index (κ2) is 29.2. The van der Waals surface area contributed by atoms with Crippen LogP contribution < -0.4 is 32.4 Å². The summed E-state index contributed by atoms with van der Waals surface area (Å²) in [5.41, 5.74) is 2.99. The number of amides is 10. The molecule has 0 bridgehead atoms. The van der Waals surface area contributed by atoms with Crippen LogP contribution in [0.25, 0.3) is 45.1 Å². The van der Waals surface area contributed by atoms with Gasteiger partial charge in [-0.1, -0.05) is 73.6 Å². The fourth-order valence-corrected chi connectivity index (χ4v) is 13.6. The molecule has 10 amide bonds. The standard InChI is InChI=1S/C69H89N13O17/c1-30(2)46-66(92)81-26-20-24-39(81)64(90)77(13)28-41(83)79(15)53(32(5)6)68(94)96-36(11)48(61(88)72-46)74-59(86)43-45(70)55(85)34(9)56-50(43)71-51-44(52-58(35(10)57(51)98-56)99-63(76-52)38-22-18-17-19-23-38)60(87)75-49-37(12)97-69(95)54(33(7)8)80(16)42(84)29-78(14)65(91)40-25-21-27-82(40)67(93)47(31(3)4)73-62(49)89/h17-19,22-23,30-33,36-37,39-40,46-49,53-54H,20-21,24-29,70H2,1-16H3,(H,72,88)(H,73,89)(H,74,86)(H,75,87)/t36-,37+,39-,40+,46-,47+,48+,49-,53+,54-/m1/s1. The first-order valence-corrected chi connectivity index (χ1v) is 33.4. The molecule has 0 radical (unpaired) electrons. The molecule has 6 N–H and O–H groups in total. The molecule has 4 saturated heterocycles. The molecule has 99 heavy (non-hydrogen) atoms. The number of aromatic nitrogens is 2. The summed E-state index contributed by atoms with van der Waals surface area (Å²) in [5, 5.41) is 10.8. The van der Waals surface area contributed by atoms with Crippen LogP contribution in [0.15, 0.2) is 44.0 Å². The van der Waals surface area contributed by atoms with E-state index in [0.717, 1.165) is 9.80 Å². The van der Waals surface area contributed by atoms with E-state index in [1.54, 1.807) is 92.6 Å². The number of ether oxygens (including phenoxy) is 2. The number of likely N-dealkylation sites (N-methyl/N-ethyl adjacent to an activating group) is 4. The van der Waals surface area contributed by atoms with Crippen molar-refractivity contribution in [2.24, 2.45) is 23.7 Å². The van der Waals surface area contributed by atoms with Crippen molar-refractivity contribution in [3.05, 3.63) is 62.8 Å². The molecule has 0 saturated carbocycles. The van der Waals surface area contributed by atoms with Gasteiger partial charge in [-0.3, -0.25) is 52.7 Å². The van der Waals surface area contributed by atoms with Gasteiger partial charge in [-0.25, -0.2) is 19.6 Å². The van der Waals surface area contributed by atoms with Gasteiger partial charge in [0.15, 0.2) is 16.9 Å². The van der Waals surface area contributed by atoms with E-state index in [1.165, 1.54) is 68.6 Å². The first-order valence-electron chi connectivity index (χ1n) is 33.4. The fourth-order valence-electron chi connectivity index (χ4n) is 13.6. The first-order chi connectivity index (χ1) is 46.6. The summed E-state index contributed by atoms with van der Waals surface area (Å²) in [4.78, 5) is 208. The molecule has 0 unspecified atom stereocenters. The average molecular weight is 1370 g/mol. The summed E-state index contributed by atoms with van der Waals surface area (Å²) < 4.78 is 25.1. The Labute approximate surface area is 572 Å². The number of esters is 2. The second-order valence-electron chi connectivity index (χ2n) is 27.7. The number of hydrogen-bond acceptors (Lipinski definition) is 20. The monoisotopic (exact) mass is 1370 g/mol. The number of nitrogen functional groups attached to an aromatic ring is 1. The van der Waals surface area contributed by atoms with E-state index in [9.17, 15) is 43.2 Å². The van der Waals surface area contributed by atoms with Crippen molar-refractivity contribution in [2.75, 3.05) is 60.1 Å². The third-order valence-electron chi connectivity index (χ3n) is 19.2. The zero-order valence-corrected chi connectivity index (χ0v) is 58.7. The number of carbonyl (C=O) groups is 12. The van der Waals surface area contributed by atoms with Crippen molar-refractivity contribution in [3.8, 4) is 22.9 Å². The number of nitrogens with one attached hydrogen (secondary N) is 4. The largest absolute Gasteiger partial charge is 0.458 e. The van der Waals surface area contributed by atoms with Crippen LogP contribution in [0.5, 0.6) is 0 Å². The molecular weight excluding hydrogens is 1280 g/mol. The lowest BCUT2D eigenvalue weighted by Crippen LogP contribution is -2.61. The molecule has 3 aromatic rings. The lowest BCUT2D eigenvalue weighted by atomic mass is 9.98. The molecule has 4 fully saturated rings. The molecule has 1 aliphatic carbocycles. The average Bonchev–Trinajstić information content (AvgIpc) is 1.71. The number of fused-ring (bicyclic) bond motifs is 5. The SMILES string of the molecule is Cc1c2oc3c(C)c4oc(-c5ccccc5)nc4c(C(=O)N[C@H]4C(=O)N[C@@H](C(C)C)C(=O)N5CCC[C@H]5C(=O)N(C)CC(=O)N(C)[C@H](C(C)C)C(=O)O[C@H]4C)c3nc-2c(C(=O)N[C@@H]2C(=O)N[C@H](C(C)C)C(=O)N3CCC[C@@H]3C(=O)N(C)CC(=O)N(C)[C@@H](C(C)C)C(=O)O[C@@H]2C)c(N)c1=O. The second-order valence-corrected chi connectivity index (χ2v) is 27.7. The van der Waals surface area contributed by atoms with E-state index in [1.807, 2.05) is 0 Å². The molecule has 9 rings (SSSR count). The van der Waals surface area contributed by atoms with Crippen LogP contribution >= 0.6 is 0 Å². The molecule has 30 nitrogen and oxygen atoms in total. The summed E-state index contributed by atoms with van der Waals surface area (Å²) in [7, 11) is 5.57. The highest BCUT2D eigenvalue weighted by molar-refractivity contribution is 6.17. The highest BCUT2D eigenvalue weighted by atomic mass is 16.6. The van der Waals surface area contributed by atoms with E-state index in [4.69, 9.17) is 34.0 Å². The van der Waals surface area contributed by atoms with Crippen LogP contribution in [0.4, 0.5) is 5.69 Å². The Morgan fingerprint density at radius 3 is 1.42 bits per heavy atom. The van der Waals surface area contributed by atoms with E-state index in [2.05, 4.69) is 21.3 Å². The number of cyclic esters (lactones) is 2. The predicted molar refractivity (Wildman–Crippen MR) is 358 cm³/mol. The number of aryl methyl sites for hydroxylation is 1. The van der Waals surface area contributed by atoms with Gasteiger partial charge in [-0.05, 0) is 89.2 Å². The Morgan fingerprint density at radius 1 is 0.566 bits per heavy atom. The normalized spacial score (nSPS) is 25.0. The van der Waals surface area contributed by atoms with Gasteiger partial charge in [0, 0.05) is 58.0 Å². The van der Waals surface area contributed by atoms with E-state index in [-0.39, 0.29) is 70.9 Å². The van der Waals surface area contributed by atoms with Gasteiger partial charge in [-0.15, -0.1) is 0 Å².